The molecule has 0 fully saturated rings. The van der Waals surface area contributed by atoms with Crippen LogP contribution in [-0.4, -0.2) is 36.6 Å². The molecule has 2 N–H and O–H groups in total. The van der Waals surface area contributed by atoms with E-state index in [0.29, 0.717) is 11.7 Å². The Balaban J connectivity index is 3.71. The molecule has 0 spiro atoms. The average molecular weight is 192 g/mol. The van der Waals surface area contributed by atoms with E-state index < -0.39 is 9.92 Å². The fraction of sp³-hybridized carbons (Fsp3) is 0.250. The maximum atomic E-state index is 5.39. The van der Waals surface area contributed by atoms with Gasteiger partial charge >= 0.3 is 0 Å². The summed E-state index contributed by atoms with van der Waals surface area (Å²) in [5.41, 5.74) is 5.39. The first kappa shape index (κ1) is 9.82. The predicted octanol–water partition coefficient (Wildman–Crippen LogP) is -1.99. The summed E-state index contributed by atoms with van der Waals surface area (Å²) in [7, 11) is 0.0952. The van der Waals surface area contributed by atoms with Crippen LogP contribution in [0.5, 0.6) is 0 Å². The molecule has 0 radical (unpaired) electrons. The molecule has 0 aromatic carbocycles. The minimum atomic E-state index is -0.665. The van der Waals surface area contributed by atoms with E-state index in [0.717, 1.165) is 10.5 Å². The normalized spacial score (nSPS) is 10.4. The largest absolute Gasteiger partial charge is 0.453 e. The number of nitrogens with two attached hydrogens (primary N) is 1. The Morgan fingerprint density at radius 1 is 2.00 bits per heavy atom. The summed E-state index contributed by atoms with van der Waals surface area (Å²) in [4.78, 5) is 0. The maximum absolute atomic E-state index is 5.39. The molecule has 0 atom stereocenters. The van der Waals surface area contributed by atoms with Crippen LogP contribution in [0.25, 0.3) is 0 Å². The van der Waals surface area contributed by atoms with Gasteiger partial charge in [0.2, 0.25) is 0 Å². The van der Waals surface area contributed by atoms with Crippen LogP contribution < -0.4 is 5.73 Å². The Bertz CT molecular complexity index is 132. The molecule has 0 aromatic heterocycles. The second-order valence-corrected chi connectivity index (χ2v) is 5.52. The third kappa shape index (κ3) is 3.77. The van der Waals surface area contributed by atoms with Crippen LogP contribution in [0.3, 0.4) is 0 Å². The first-order chi connectivity index (χ1) is 4.72. The van der Waals surface area contributed by atoms with E-state index in [9.17, 15) is 0 Å². The third-order valence-electron chi connectivity index (χ3n) is 0.946. The SMILES string of the molecule is C=CCN([SiH2]O[SiH3])C(N)=S. The van der Waals surface area contributed by atoms with E-state index in [1.807, 2.05) is 4.57 Å². The van der Waals surface area contributed by atoms with Gasteiger partial charge in [-0.2, -0.15) is 0 Å². The fourth-order valence-corrected chi connectivity index (χ4v) is 2.41. The lowest BCUT2D eigenvalue weighted by atomic mass is 10.6. The zero-order valence-corrected chi connectivity index (χ0v) is 10.3. The fourth-order valence-electron chi connectivity index (χ4n) is 0.518. The summed E-state index contributed by atoms with van der Waals surface area (Å²) in [6.45, 7) is 4.30. The number of rotatable bonds is 4. The molecule has 3 nitrogen and oxygen atoms in total. The Hall–Kier alpha value is -0.176. The monoisotopic (exact) mass is 192 g/mol. The highest BCUT2D eigenvalue weighted by Gasteiger charge is 2.01. The van der Waals surface area contributed by atoms with E-state index in [1.165, 1.54) is 0 Å². The highest BCUT2D eigenvalue weighted by atomic mass is 32.1. The second-order valence-electron chi connectivity index (χ2n) is 1.77. The van der Waals surface area contributed by atoms with Gasteiger partial charge in [-0.15, -0.1) is 6.58 Å². The molecule has 0 amide bonds. The topological polar surface area (TPSA) is 38.5 Å². The Morgan fingerprint density at radius 3 is 2.90 bits per heavy atom. The van der Waals surface area contributed by atoms with Gasteiger partial charge < -0.3 is 14.4 Å². The van der Waals surface area contributed by atoms with E-state index >= 15 is 0 Å². The van der Waals surface area contributed by atoms with Gasteiger partial charge in [0, 0.05) is 6.54 Å². The molecule has 0 saturated carbocycles. The summed E-state index contributed by atoms with van der Waals surface area (Å²) in [6, 6.07) is 0. The number of hydrogen-bond acceptors (Lipinski definition) is 2. The average Bonchev–Trinajstić information content (AvgIpc) is 1.87. The van der Waals surface area contributed by atoms with Gasteiger partial charge in [0.25, 0.3) is 9.92 Å². The quantitative estimate of drug-likeness (QED) is 0.318. The van der Waals surface area contributed by atoms with Crippen molar-refractivity contribution < 1.29 is 4.12 Å². The van der Waals surface area contributed by atoms with Crippen molar-refractivity contribution in [1.82, 2.24) is 4.57 Å². The first-order valence-corrected chi connectivity index (χ1v) is 5.30. The van der Waals surface area contributed by atoms with Crippen molar-refractivity contribution in [1.29, 1.82) is 0 Å². The molecular weight excluding hydrogens is 180 g/mol. The molecule has 0 unspecified atom stereocenters. The summed E-state index contributed by atoms with van der Waals surface area (Å²) in [5, 5.41) is 0.419. The Kier molecular flexibility index (Phi) is 5.50. The first-order valence-electron chi connectivity index (χ1n) is 2.86. The van der Waals surface area contributed by atoms with Gasteiger partial charge in [-0.25, -0.2) is 0 Å². The highest BCUT2D eigenvalue weighted by molar-refractivity contribution is 7.80. The Morgan fingerprint density at radius 2 is 2.60 bits per heavy atom. The minimum Gasteiger partial charge on any atom is -0.453 e. The van der Waals surface area contributed by atoms with Crippen molar-refractivity contribution in [3.8, 4) is 0 Å². The molecule has 0 saturated heterocycles. The highest BCUT2D eigenvalue weighted by Crippen LogP contribution is 1.84. The predicted molar refractivity (Wildman–Crippen MR) is 53.3 cm³/mol. The smallest absolute Gasteiger partial charge is 0.258 e. The molecule has 6 heteroatoms. The number of hydrogen-bond donors (Lipinski definition) is 1. The summed E-state index contributed by atoms with van der Waals surface area (Å²) < 4.78 is 6.98. The van der Waals surface area contributed by atoms with Crippen LogP contribution in [0.4, 0.5) is 0 Å². The molecule has 0 rings (SSSR count). The molecular formula is C4H12N2OSSi2. The zero-order chi connectivity index (χ0) is 7.98. The van der Waals surface area contributed by atoms with Crippen LogP contribution in [0, 0.1) is 0 Å². The molecule has 0 aliphatic heterocycles. The molecule has 0 heterocycles. The maximum Gasteiger partial charge on any atom is 0.258 e. The van der Waals surface area contributed by atoms with Crippen molar-refractivity contribution in [3.63, 3.8) is 0 Å². The van der Waals surface area contributed by atoms with Gasteiger partial charge in [-0.05, 0) is 12.2 Å². The van der Waals surface area contributed by atoms with E-state index in [1.54, 1.807) is 6.08 Å². The summed E-state index contributed by atoms with van der Waals surface area (Å²) in [5.74, 6) is 0. The zero-order valence-electron chi connectivity index (χ0n) is 6.04. The van der Waals surface area contributed by atoms with Crippen molar-refractivity contribution in [2.24, 2.45) is 5.73 Å². The van der Waals surface area contributed by atoms with Gasteiger partial charge in [0.05, 0.1) is 0 Å². The van der Waals surface area contributed by atoms with Crippen molar-refractivity contribution in [2.45, 2.75) is 0 Å². The number of nitrogens with zero attached hydrogens (tertiary/aromatic N) is 1. The Labute approximate surface area is 71.8 Å². The molecule has 0 aromatic rings. The van der Waals surface area contributed by atoms with E-state index in [4.69, 9.17) is 22.1 Å². The van der Waals surface area contributed by atoms with E-state index in [-0.39, 0.29) is 0 Å². The van der Waals surface area contributed by atoms with Crippen LogP contribution in [0.2, 0.25) is 0 Å². The molecule has 10 heavy (non-hydrogen) atoms. The lowest BCUT2D eigenvalue weighted by molar-refractivity contribution is 0.564. The molecule has 58 valence electrons. The van der Waals surface area contributed by atoms with Gasteiger partial charge in [0.15, 0.2) is 5.11 Å². The van der Waals surface area contributed by atoms with Crippen LogP contribution in [0.1, 0.15) is 0 Å². The third-order valence-corrected chi connectivity index (χ3v) is 3.38. The number of thiocarbonyl (C=S) groups is 1. The van der Waals surface area contributed by atoms with Crippen molar-refractivity contribution >= 4 is 37.7 Å². The van der Waals surface area contributed by atoms with Crippen LogP contribution in [-0.2, 0) is 4.12 Å². The summed E-state index contributed by atoms with van der Waals surface area (Å²) >= 11 is 4.77. The van der Waals surface area contributed by atoms with Crippen LogP contribution >= 0.6 is 12.2 Å². The molecule has 0 aliphatic carbocycles. The second kappa shape index (κ2) is 5.60. The van der Waals surface area contributed by atoms with Gasteiger partial charge in [0.1, 0.15) is 10.5 Å². The van der Waals surface area contributed by atoms with E-state index in [2.05, 4.69) is 6.58 Å². The standard InChI is InChI=1S/C4H12N2OSSi2/c1-2-3-6(4(5)8)10-7-9/h2H,1,3,10H2,9H3,(H2,5,8). The van der Waals surface area contributed by atoms with Gasteiger partial charge in [-0.3, -0.25) is 0 Å². The molecule has 0 aliphatic rings. The van der Waals surface area contributed by atoms with Crippen molar-refractivity contribution in [2.75, 3.05) is 6.54 Å². The van der Waals surface area contributed by atoms with Crippen LogP contribution in [0.15, 0.2) is 12.7 Å². The summed E-state index contributed by atoms with van der Waals surface area (Å²) in [6.07, 6.45) is 1.77. The van der Waals surface area contributed by atoms with Gasteiger partial charge in [-0.1, -0.05) is 6.08 Å². The molecule has 0 bridgehead atoms. The lowest BCUT2D eigenvalue weighted by Gasteiger charge is -2.19. The minimum absolute atomic E-state index is 0.419. The lowest BCUT2D eigenvalue weighted by Crippen LogP contribution is -2.39. The van der Waals surface area contributed by atoms with Crippen molar-refractivity contribution in [3.05, 3.63) is 12.7 Å².